The molecule has 0 bridgehead atoms. The zero-order valence-corrected chi connectivity index (χ0v) is 11.3. The fraction of sp³-hybridized carbons (Fsp3) is 0.500. The van der Waals surface area contributed by atoms with Crippen molar-refractivity contribution in [2.45, 2.75) is 45.4 Å². The molecule has 1 amide bonds. The van der Waals surface area contributed by atoms with E-state index in [-0.39, 0.29) is 5.24 Å². The first-order valence-corrected chi connectivity index (χ1v) is 6.76. The van der Waals surface area contributed by atoms with Gasteiger partial charge in [-0.2, -0.15) is 0 Å². The molecule has 0 saturated carbocycles. The van der Waals surface area contributed by atoms with E-state index in [4.69, 9.17) is 0 Å². The van der Waals surface area contributed by atoms with Gasteiger partial charge in [0.05, 0.1) is 0 Å². The quantitative estimate of drug-likeness (QED) is 0.535. The second-order valence-corrected chi connectivity index (χ2v) is 4.66. The average Bonchev–Trinajstić information content (AvgIpc) is 2.30. The van der Waals surface area contributed by atoms with E-state index in [0.29, 0.717) is 0 Å². The Kier molecular flexibility index (Phi) is 6.78. The van der Waals surface area contributed by atoms with Crippen molar-refractivity contribution in [1.82, 2.24) is 0 Å². The molecule has 0 spiro atoms. The largest absolute Gasteiger partial charge is 0.317 e. The van der Waals surface area contributed by atoms with Crippen molar-refractivity contribution in [3.63, 3.8) is 0 Å². The number of nitrogens with one attached hydrogen (secondary N) is 1. The van der Waals surface area contributed by atoms with E-state index >= 15 is 0 Å². The zero-order chi connectivity index (χ0) is 12.5. The van der Waals surface area contributed by atoms with Gasteiger partial charge >= 0.3 is 0 Å². The molecule has 0 aliphatic rings. The minimum absolute atomic E-state index is 0.302. The van der Waals surface area contributed by atoms with Crippen molar-refractivity contribution in [2.24, 2.45) is 0 Å². The van der Waals surface area contributed by atoms with E-state index in [0.717, 1.165) is 12.1 Å². The van der Waals surface area contributed by atoms with Gasteiger partial charge in [0.25, 0.3) is 5.24 Å². The Morgan fingerprint density at radius 1 is 1.18 bits per heavy atom. The van der Waals surface area contributed by atoms with Crippen LogP contribution in [0.5, 0.6) is 0 Å². The number of benzene rings is 1. The lowest BCUT2D eigenvalue weighted by molar-refractivity contribution is 0.270. The van der Waals surface area contributed by atoms with Gasteiger partial charge in [-0.1, -0.05) is 63.4 Å². The van der Waals surface area contributed by atoms with Crippen molar-refractivity contribution in [3.05, 3.63) is 29.8 Å². The topological polar surface area (TPSA) is 29.1 Å². The lowest BCUT2D eigenvalue weighted by Gasteiger charge is -2.09. The fourth-order valence-electron chi connectivity index (χ4n) is 1.89. The molecule has 0 aliphatic carbocycles. The van der Waals surface area contributed by atoms with Crippen LogP contribution in [0, 0.1) is 0 Å². The van der Waals surface area contributed by atoms with E-state index < -0.39 is 0 Å². The molecule has 1 aromatic carbocycles. The molecule has 94 valence electrons. The predicted octanol–water partition coefficient (Wildman–Crippen LogP) is 4.66. The number of aryl methyl sites for hydroxylation is 1. The fourth-order valence-corrected chi connectivity index (χ4v) is 2.01. The van der Waals surface area contributed by atoms with E-state index in [9.17, 15) is 4.79 Å². The number of carbonyl (C=O) groups excluding carboxylic acids is 1. The third-order valence-corrected chi connectivity index (χ3v) is 2.92. The summed E-state index contributed by atoms with van der Waals surface area (Å²) in [5.74, 6) is 0. The number of para-hydroxylation sites is 1. The zero-order valence-electron chi connectivity index (χ0n) is 10.4. The smallest absolute Gasteiger partial charge is 0.280 e. The van der Waals surface area contributed by atoms with E-state index in [1.54, 1.807) is 0 Å². The highest BCUT2D eigenvalue weighted by Crippen LogP contribution is 2.18. The van der Waals surface area contributed by atoms with Gasteiger partial charge in [0.15, 0.2) is 0 Å². The molecule has 0 heterocycles. The number of unbranched alkanes of at least 4 members (excludes halogenated alkanes) is 4. The van der Waals surface area contributed by atoms with E-state index in [1.807, 2.05) is 18.2 Å². The molecule has 0 aromatic heterocycles. The van der Waals surface area contributed by atoms with Gasteiger partial charge in [0, 0.05) is 5.69 Å². The number of rotatable bonds is 7. The molecule has 0 unspecified atom stereocenters. The van der Waals surface area contributed by atoms with Crippen LogP contribution in [0.2, 0.25) is 0 Å². The standard InChI is InChI=1S/C14H21NOS/c1-2-3-4-5-6-9-12-10-7-8-11-13(12)15-14(16)17/h7-8,10-11H,2-6,9H2,1H3,(H2,15,16,17). The number of anilines is 1. The summed E-state index contributed by atoms with van der Waals surface area (Å²) < 4.78 is 0. The van der Waals surface area contributed by atoms with Crippen molar-refractivity contribution in [3.8, 4) is 0 Å². The monoisotopic (exact) mass is 251 g/mol. The molecule has 0 radical (unpaired) electrons. The maximum Gasteiger partial charge on any atom is 0.280 e. The van der Waals surface area contributed by atoms with Gasteiger partial charge in [-0.25, -0.2) is 0 Å². The molecule has 0 atom stereocenters. The first-order chi connectivity index (χ1) is 8.24. The number of amides is 1. The molecule has 1 rings (SSSR count). The third-order valence-electron chi connectivity index (χ3n) is 2.81. The second kappa shape index (κ2) is 8.18. The highest BCUT2D eigenvalue weighted by atomic mass is 32.1. The number of hydrogen-bond donors (Lipinski definition) is 2. The Bertz CT molecular complexity index is 352. The summed E-state index contributed by atoms with van der Waals surface area (Å²) in [6.45, 7) is 2.22. The summed E-state index contributed by atoms with van der Waals surface area (Å²) in [4.78, 5) is 10.9. The molecule has 1 aromatic rings. The number of hydrogen-bond acceptors (Lipinski definition) is 1. The van der Waals surface area contributed by atoms with Crippen LogP contribution in [0.3, 0.4) is 0 Å². The lowest BCUT2D eigenvalue weighted by Crippen LogP contribution is -2.04. The van der Waals surface area contributed by atoms with Crippen LogP contribution in [0.4, 0.5) is 10.5 Å². The molecule has 2 nitrogen and oxygen atoms in total. The Morgan fingerprint density at radius 2 is 1.88 bits per heavy atom. The normalized spacial score (nSPS) is 10.2. The van der Waals surface area contributed by atoms with Gasteiger partial charge in [-0.15, -0.1) is 0 Å². The average molecular weight is 251 g/mol. The molecular weight excluding hydrogens is 230 g/mol. The van der Waals surface area contributed by atoms with Crippen LogP contribution < -0.4 is 5.32 Å². The van der Waals surface area contributed by atoms with Gasteiger partial charge in [0.1, 0.15) is 0 Å². The minimum atomic E-state index is -0.302. The van der Waals surface area contributed by atoms with Crippen LogP contribution in [0.25, 0.3) is 0 Å². The van der Waals surface area contributed by atoms with Gasteiger partial charge < -0.3 is 5.32 Å². The second-order valence-electron chi connectivity index (χ2n) is 4.25. The Hall–Kier alpha value is -0.960. The maximum absolute atomic E-state index is 10.9. The van der Waals surface area contributed by atoms with E-state index in [1.165, 1.54) is 37.7 Å². The summed E-state index contributed by atoms with van der Waals surface area (Å²) in [6, 6.07) is 7.93. The third kappa shape index (κ3) is 5.78. The molecular formula is C14H21NOS. The number of thiol groups is 1. The predicted molar refractivity (Wildman–Crippen MR) is 76.9 cm³/mol. The minimum Gasteiger partial charge on any atom is -0.317 e. The number of carbonyl (C=O) groups is 1. The highest BCUT2D eigenvalue weighted by Gasteiger charge is 2.03. The Morgan fingerprint density at radius 3 is 2.59 bits per heavy atom. The lowest BCUT2D eigenvalue weighted by atomic mass is 10.0. The van der Waals surface area contributed by atoms with Crippen molar-refractivity contribution < 1.29 is 4.79 Å². The first kappa shape index (κ1) is 14.1. The molecule has 0 saturated heterocycles. The van der Waals surface area contributed by atoms with Crippen molar-refractivity contribution >= 4 is 23.6 Å². The summed E-state index contributed by atoms with van der Waals surface area (Å²) in [5.41, 5.74) is 2.09. The first-order valence-electron chi connectivity index (χ1n) is 6.32. The van der Waals surface area contributed by atoms with Gasteiger partial charge in [-0.05, 0) is 24.5 Å². The highest BCUT2D eigenvalue weighted by molar-refractivity contribution is 7.96. The molecule has 0 aliphatic heterocycles. The van der Waals surface area contributed by atoms with Crippen LogP contribution in [0.1, 0.15) is 44.6 Å². The van der Waals surface area contributed by atoms with Crippen molar-refractivity contribution in [2.75, 3.05) is 5.32 Å². The van der Waals surface area contributed by atoms with Gasteiger partial charge in [0.2, 0.25) is 0 Å². The van der Waals surface area contributed by atoms with Crippen molar-refractivity contribution in [1.29, 1.82) is 0 Å². The Labute approximate surface area is 109 Å². The van der Waals surface area contributed by atoms with E-state index in [2.05, 4.69) is 30.9 Å². The Balaban J connectivity index is 2.43. The van der Waals surface area contributed by atoms with Crippen LogP contribution in [-0.4, -0.2) is 5.24 Å². The summed E-state index contributed by atoms with van der Waals surface area (Å²) in [6.07, 6.45) is 7.35. The van der Waals surface area contributed by atoms with Crippen LogP contribution in [0.15, 0.2) is 24.3 Å². The van der Waals surface area contributed by atoms with Gasteiger partial charge in [-0.3, -0.25) is 4.79 Å². The molecule has 0 fully saturated rings. The van der Waals surface area contributed by atoms with Crippen LogP contribution >= 0.6 is 12.6 Å². The molecule has 17 heavy (non-hydrogen) atoms. The SMILES string of the molecule is CCCCCCCc1ccccc1NC(=O)S. The molecule has 3 heteroatoms. The summed E-state index contributed by atoms with van der Waals surface area (Å²) in [5, 5.41) is 2.45. The maximum atomic E-state index is 10.9. The summed E-state index contributed by atoms with van der Waals surface area (Å²) in [7, 11) is 0. The summed E-state index contributed by atoms with van der Waals surface area (Å²) >= 11 is 3.74. The molecule has 1 N–H and O–H groups in total. The van der Waals surface area contributed by atoms with Crippen LogP contribution in [-0.2, 0) is 6.42 Å².